The summed E-state index contributed by atoms with van der Waals surface area (Å²) in [7, 11) is 0. The maximum atomic E-state index is 15.1. The topological polar surface area (TPSA) is 118 Å². The minimum Gasteiger partial charge on any atom is -0.490 e. The Morgan fingerprint density at radius 2 is 1.58 bits per heavy atom. The van der Waals surface area contributed by atoms with Gasteiger partial charge in [-0.2, -0.15) is 8.42 Å². The van der Waals surface area contributed by atoms with Gasteiger partial charge in [-0.1, -0.05) is 29.8 Å². The largest absolute Gasteiger partial charge is 0.573 e. The van der Waals surface area contributed by atoms with Crippen LogP contribution in [0.15, 0.2) is 77.2 Å². The highest BCUT2D eigenvalue weighted by molar-refractivity contribution is 7.51. The second kappa shape index (κ2) is 16.3. The summed E-state index contributed by atoms with van der Waals surface area (Å²) in [6, 6.07) is 19.2. The van der Waals surface area contributed by atoms with Crippen LogP contribution < -0.4 is 14.8 Å². The molecule has 1 N–H and O–H groups in total. The number of piperidine rings is 2. The Morgan fingerprint density at radius 1 is 0.920 bits per heavy atom. The molecule has 2 aliphatic rings. The van der Waals surface area contributed by atoms with Gasteiger partial charge in [0.25, 0.3) is 11.8 Å². The number of carbonyl (C=O) groups excluding carboxylic acids is 2. The number of nitrogens with zero attached hydrogens (tertiary/aromatic N) is 2. The smallest absolute Gasteiger partial charge is 0.490 e. The molecule has 1 aromatic heterocycles. The van der Waals surface area contributed by atoms with Gasteiger partial charge in [-0.3, -0.25) is 14.5 Å². The summed E-state index contributed by atoms with van der Waals surface area (Å²) in [5, 5.41) is 3.32. The predicted molar refractivity (Wildman–Crippen MR) is 175 cm³/mol. The highest BCUT2D eigenvalue weighted by Crippen LogP contribution is 2.26. The Balaban J connectivity index is 0.00000156. The van der Waals surface area contributed by atoms with Crippen molar-refractivity contribution in [1.29, 1.82) is 0 Å². The van der Waals surface area contributed by atoms with Crippen molar-refractivity contribution in [3.05, 3.63) is 95.2 Å². The highest BCUT2D eigenvalue weighted by Gasteiger charge is 2.33. The monoisotopic (exact) mass is 717 g/mol. The summed E-state index contributed by atoms with van der Waals surface area (Å²) in [6.45, 7) is 4.03. The number of amides is 2. The van der Waals surface area contributed by atoms with Crippen molar-refractivity contribution in [2.45, 2.75) is 57.4 Å². The Hall–Kier alpha value is -4.76. The van der Waals surface area contributed by atoms with E-state index in [1.807, 2.05) is 36.1 Å². The minimum atomic E-state index is -4.77. The average molecular weight is 718 g/mol. The average Bonchev–Trinajstić information content (AvgIpc) is 3.52. The van der Waals surface area contributed by atoms with Crippen molar-refractivity contribution in [1.82, 2.24) is 15.1 Å². The maximum Gasteiger partial charge on any atom is 0.573 e. The zero-order valence-electron chi connectivity index (χ0n) is 27.0. The zero-order valence-corrected chi connectivity index (χ0v) is 27.8. The standard InChI is InChI=1S/C35H35F4N3O5.O2S/c1-22-2-7-26(8-3-22)45-27-12-16-42(17-13-27)34(44)24-6-11-31-25(18-24)19-32(46-31)33(43)40-30-14-15-41(21-29(30)36)20-23-4-9-28(10-5-23)47-35(37,38)39;1-3-2/h2-11,18-19,27,29-30H,12-17,20-21H2,1H3,(H,40,43);/t29-,30-;/m1./s1. The molecular formula is C35H35F4N3O7S. The molecule has 2 aliphatic heterocycles. The number of benzene rings is 3. The molecule has 2 fully saturated rings. The Morgan fingerprint density at radius 3 is 2.22 bits per heavy atom. The van der Waals surface area contributed by atoms with Crippen molar-refractivity contribution in [3.63, 3.8) is 0 Å². The van der Waals surface area contributed by atoms with Crippen LogP contribution in [0.5, 0.6) is 11.5 Å². The zero-order chi connectivity index (χ0) is 35.8. The molecule has 2 atom stereocenters. The van der Waals surface area contributed by atoms with Gasteiger partial charge in [-0.05, 0) is 67.4 Å². The molecule has 6 rings (SSSR count). The maximum absolute atomic E-state index is 15.1. The van der Waals surface area contributed by atoms with Crippen LogP contribution in [0.2, 0.25) is 0 Å². The number of nitrogens with one attached hydrogen (secondary N) is 1. The van der Waals surface area contributed by atoms with Crippen molar-refractivity contribution >= 4 is 34.4 Å². The van der Waals surface area contributed by atoms with E-state index in [0.717, 1.165) is 24.2 Å². The molecule has 10 nitrogen and oxygen atoms in total. The third-order valence-electron chi connectivity index (χ3n) is 8.55. The first kappa shape index (κ1) is 36.5. The molecule has 2 saturated heterocycles. The van der Waals surface area contributed by atoms with Crippen LogP contribution in [0.25, 0.3) is 11.0 Å². The van der Waals surface area contributed by atoms with Gasteiger partial charge in [-0.25, -0.2) is 4.39 Å². The number of aryl methyl sites for hydroxylation is 1. The first-order valence-electron chi connectivity index (χ1n) is 15.9. The van der Waals surface area contributed by atoms with Crippen LogP contribution >= 0.6 is 0 Å². The lowest BCUT2D eigenvalue weighted by Crippen LogP contribution is -2.52. The third kappa shape index (κ3) is 9.91. The summed E-state index contributed by atoms with van der Waals surface area (Å²) < 4.78 is 84.6. The molecule has 266 valence electrons. The van der Waals surface area contributed by atoms with Gasteiger partial charge in [-0.15, -0.1) is 13.2 Å². The Bertz CT molecular complexity index is 1800. The molecule has 0 bridgehead atoms. The van der Waals surface area contributed by atoms with E-state index in [1.165, 1.54) is 24.3 Å². The number of carbonyl (C=O) groups is 2. The van der Waals surface area contributed by atoms with E-state index in [-0.39, 0.29) is 30.1 Å². The SMILES string of the molecule is Cc1ccc(OC2CCN(C(=O)c3ccc4oc(C(=O)N[C@@H]5CCN(Cc6ccc(OC(F)(F)F)cc6)C[C@H]5F)cc4c3)CC2)cc1.O=S=O. The van der Waals surface area contributed by atoms with Gasteiger partial charge in [0.15, 0.2) is 5.76 Å². The molecular weight excluding hydrogens is 682 g/mol. The van der Waals surface area contributed by atoms with E-state index in [1.54, 1.807) is 29.2 Å². The predicted octanol–water partition coefficient (Wildman–Crippen LogP) is 6.00. The highest BCUT2D eigenvalue weighted by atomic mass is 32.1. The van der Waals surface area contributed by atoms with Crippen LogP contribution in [0.4, 0.5) is 17.6 Å². The summed E-state index contributed by atoms with van der Waals surface area (Å²) >= 11 is -0.750. The first-order chi connectivity index (χ1) is 23.9. The molecule has 4 aromatic rings. The fourth-order valence-electron chi connectivity index (χ4n) is 6.03. The number of ether oxygens (including phenoxy) is 2. The lowest BCUT2D eigenvalue weighted by molar-refractivity contribution is -0.274. The Kier molecular flexibility index (Phi) is 11.9. The van der Waals surface area contributed by atoms with Crippen molar-refractivity contribution in [3.8, 4) is 11.5 Å². The molecule has 0 spiro atoms. The normalized spacial score (nSPS) is 18.5. The van der Waals surface area contributed by atoms with Gasteiger partial charge in [0.2, 0.25) is 0 Å². The summed E-state index contributed by atoms with van der Waals surface area (Å²) in [5.74, 6) is -0.130. The van der Waals surface area contributed by atoms with Crippen LogP contribution in [0, 0.1) is 6.92 Å². The molecule has 3 heterocycles. The lowest BCUT2D eigenvalue weighted by Gasteiger charge is -2.34. The van der Waals surface area contributed by atoms with E-state index in [0.29, 0.717) is 54.7 Å². The third-order valence-corrected chi connectivity index (χ3v) is 8.55. The van der Waals surface area contributed by atoms with Gasteiger partial charge in [0, 0.05) is 56.5 Å². The molecule has 2 amide bonds. The number of halogens is 4. The summed E-state index contributed by atoms with van der Waals surface area (Å²) in [4.78, 5) is 29.9. The number of fused-ring (bicyclic) bond motifs is 1. The van der Waals surface area contributed by atoms with E-state index in [2.05, 4.69) is 10.1 Å². The van der Waals surface area contributed by atoms with E-state index in [9.17, 15) is 22.8 Å². The first-order valence-corrected chi connectivity index (χ1v) is 16.6. The van der Waals surface area contributed by atoms with Crippen molar-refractivity contribution in [2.24, 2.45) is 0 Å². The Labute approximate surface area is 288 Å². The summed E-state index contributed by atoms with van der Waals surface area (Å²) in [6.07, 6.45) is -4.30. The second-order valence-electron chi connectivity index (χ2n) is 12.2. The molecule has 0 aliphatic carbocycles. The molecule has 0 saturated carbocycles. The fraction of sp³-hybridized carbons (Fsp3) is 0.371. The van der Waals surface area contributed by atoms with Gasteiger partial charge < -0.3 is 24.1 Å². The van der Waals surface area contributed by atoms with Crippen LogP contribution in [-0.4, -0.2) is 80.9 Å². The van der Waals surface area contributed by atoms with Gasteiger partial charge >= 0.3 is 17.9 Å². The second-order valence-corrected chi connectivity index (χ2v) is 12.3. The van der Waals surface area contributed by atoms with Crippen molar-refractivity contribution in [2.75, 3.05) is 26.2 Å². The minimum absolute atomic E-state index is 0.0227. The summed E-state index contributed by atoms with van der Waals surface area (Å²) in [5.41, 5.74) is 2.81. The lowest BCUT2D eigenvalue weighted by atomic mass is 10.0. The number of furan rings is 1. The van der Waals surface area contributed by atoms with Crippen molar-refractivity contribution < 1.29 is 49.5 Å². The van der Waals surface area contributed by atoms with E-state index in [4.69, 9.17) is 17.6 Å². The number of alkyl halides is 4. The number of hydrogen-bond donors (Lipinski definition) is 1. The van der Waals surface area contributed by atoms with Crippen LogP contribution in [0.1, 0.15) is 51.3 Å². The molecule has 3 aromatic carbocycles. The quantitative estimate of drug-likeness (QED) is 0.221. The van der Waals surface area contributed by atoms with Gasteiger partial charge in [0.1, 0.15) is 29.4 Å². The molecule has 0 radical (unpaired) electrons. The fourth-order valence-corrected chi connectivity index (χ4v) is 6.03. The molecule has 50 heavy (non-hydrogen) atoms. The van der Waals surface area contributed by atoms with Gasteiger partial charge in [0.05, 0.1) is 6.04 Å². The number of rotatable bonds is 8. The van der Waals surface area contributed by atoms with Crippen LogP contribution in [-0.2, 0) is 18.1 Å². The van der Waals surface area contributed by atoms with Crippen LogP contribution in [0.3, 0.4) is 0 Å². The molecule has 15 heteroatoms. The number of likely N-dealkylation sites (tertiary alicyclic amines) is 2. The van der Waals surface area contributed by atoms with E-state index >= 15 is 4.39 Å². The number of hydrogen-bond acceptors (Lipinski definition) is 8. The van der Waals surface area contributed by atoms with E-state index < -0.39 is 36.1 Å². The molecule has 0 unspecified atom stereocenters.